The summed E-state index contributed by atoms with van der Waals surface area (Å²) < 4.78 is 68.5. The minimum Gasteiger partial charge on any atom is -0.508 e. The van der Waals surface area contributed by atoms with Crippen molar-refractivity contribution in [1.82, 2.24) is 10.6 Å². The molecule has 0 aliphatic heterocycles. The molecule has 0 saturated heterocycles. The Morgan fingerprint density at radius 3 is 1.74 bits per heavy atom. The summed E-state index contributed by atoms with van der Waals surface area (Å²) in [7, 11) is 0. The van der Waals surface area contributed by atoms with Gasteiger partial charge in [-0.2, -0.15) is 0 Å². The van der Waals surface area contributed by atoms with Crippen LogP contribution in [0.2, 0.25) is 0 Å². The van der Waals surface area contributed by atoms with Gasteiger partial charge in [-0.15, -0.1) is 0 Å². The average Bonchev–Trinajstić information content (AvgIpc) is 2.89. The summed E-state index contributed by atoms with van der Waals surface area (Å²) in [6.07, 6.45) is -1.66. The number of carboxylic acids is 1. The Hall–Kier alpha value is -4.48. The van der Waals surface area contributed by atoms with Crippen molar-refractivity contribution in [2.24, 2.45) is 0 Å². The van der Waals surface area contributed by atoms with Crippen LogP contribution >= 0.6 is 0 Å². The van der Waals surface area contributed by atoms with Crippen molar-refractivity contribution >= 4 is 17.8 Å². The number of carbonyl (C=O) groups excluding carboxylic acids is 2. The fraction of sp³-hybridized carbons (Fsp3) is 0.192. The van der Waals surface area contributed by atoms with Gasteiger partial charge in [-0.3, -0.25) is 9.59 Å². The van der Waals surface area contributed by atoms with E-state index >= 15 is 0 Å². The van der Waals surface area contributed by atoms with E-state index in [-0.39, 0.29) is 18.6 Å². The minimum absolute atomic E-state index is 0.0982. The van der Waals surface area contributed by atoms with E-state index in [0.717, 1.165) is 0 Å². The van der Waals surface area contributed by atoms with Gasteiger partial charge in [-0.1, -0.05) is 42.5 Å². The lowest BCUT2D eigenvalue weighted by molar-refractivity contribution is -0.142. The molecule has 2 atom stereocenters. The van der Waals surface area contributed by atoms with E-state index in [0.29, 0.717) is 11.1 Å². The number of aliphatic carboxylic acids is 1. The summed E-state index contributed by atoms with van der Waals surface area (Å²) in [6, 6.07) is 10.8. The molecular formula is C26H21F5N2O5. The highest BCUT2D eigenvalue weighted by atomic mass is 19.2. The second-order valence-corrected chi connectivity index (χ2v) is 8.31. The van der Waals surface area contributed by atoms with Gasteiger partial charge in [0.1, 0.15) is 17.8 Å². The molecule has 2 amide bonds. The van der Waals surface area contributed by atoms with Crippen molar-refractivity contribution in [3.05, 3.63) is 100 Å². The number of hydrogen-bond acceptors (Lipinski definition) is 4. The van der Waals surface area contributed by atoms with Crippen LogP contribution < -0.4 is 10.6 Å². The highest BCUT2D eigenvalue weighted by molar-refractivity contribution is 5.91. The first-order valence-electron chi connectivity index (χ1n) is 11.1. The molecule has 0 fully saturated rings. The maximum atomic E-state index is 14.0. The van der Waals surface area contributed by atoms with Crippen molar-refractivity contribution in [3.8, 4) is 5.75 Å². The largest absolute Gasteiger partial charge is 0.508 e. The molecule has 12 heteroatoms. The zero-order valence-corrected chi connectivity index (χ0v) is 19.5. The first-order chi connectivity index (χ1) is 18.0. The number of hydrogen-bond donors (Lipinski definition) is 4. The van der Waals surface area contributed by atoms with Crippen LogP contribution in [0, 0.1) is 29.1 Å². The van der Waals surface area contributed by atoms with Crippen LogP contribution in [-0.2, 0) is 33.6 Å². The number of carboxylic acid groups (broad SMARTS) is 1. The van der Waals surface area contributed by atoms with E-state index in [4.69, 9.17) is 0 Å². The van der Waals surface area contributed by atoms with E-state index in [1.54, 1.807) is 30.3 Å². The van der Waals surface area contributed by atoms with Crippen LogP contribution in [0.15, 0.2) is 54.6 Å². The highest BCUT2D eigenvalue weighted by Gasteiger charge is 2.30. The Bertz CT molecular complexity index is 1310. The molecule has 0 aliphatic carbocycles. The summed E-state index contributed by atoms with van der Waals surface area (Å²) >= 11 is 0. The molecule has 7 nitrogen and oxygen atoms in total. The summed E-state index contributed by atoms with van der Waals surface area (Å²) in [5.74, 6) is -14.9. The fourth-order valence-corrected chi connectivity index (χ4v) is 3.61. The van der Waals surface area contributed by atoms with Crippen molar-refractivity contribution in [1.29, 1.82) is 0 Å². The number of phenolic OH excluding ortho intramolecular Hbond substituents is 1. The van der Waals surface area contributed by atoms with Crippen molar-refractivity contribution in [2.75, 3.05) is 0 Å². The van der Waals surface area contributed by atoms with Gasteiger partial charge >= 0.3 is 5.97 Å². The van der Waals surface area contributed by atoms with Crippen molar-refractivity contribution < 1.29 is 46.5 Å². The standard InChI is InChI=1S/C26H21F5N2O5/c27-20-16(21(28)23(30)24(31)22(20)29)12-19(35)32-17(10-14-6-8-15(34)9-7-14)25(36)33-18(26(37)38)11-13-4-2-1-3-5-13/h1-9,17-18,34H,10-12H2,(H,32,35)(H,33,36)(H,37,38)/t17-,18-/m0/s1. The summed E-state index contributed by atoms with van der Waals surface area (Å²) in [5.41, 5.74) is -0.407. The van der Waals surface area contributed by atoms with E-state index in [1.807, 2.05) is 0 Å². The monoisotopic (exact) mass is 536 g/mol. The third kappa shape index (κ3) is 6.84. The maximum Gasteiger partial charge on any atom is 0.326 e. The summed E-state index contributed by atoms with van der Waals surface area (Å²) in [4.78, 5) is 37.4. The number of carbonyl (C=O) groups is 3. The average molecular weight is 536 g/mol. The number of rotatable bonds is 10. The van der Waals surface area contributed by atoms with Crippen molar-refractivity contribution in [3.63, 3.8) is 0 Å². The van der Waals surface area contributed by atoms with Crippen LogP contribution in [0.1, 0.15) is 16.7 Å². The lowest BCUT2D eigenvalue weighted by atomic mass is 10.0. The predicted molar refractivity (Wildman–Crippen MR) is 123 cm³/mol. The molecule has 38 heavy (non-hydrogen) atoms. The molecule has 3 aromatic carbocycles. The molecule has 4 N–H and O–H groups in total. The highest BCUT2D eigenvalue weighted by Crippen LogP contribution is 2.23. The van der Waals surface area contributed by atoms with E-state index < -0.39 is 70.9 Å². The van der Waals surface area contributed by atoms with Gasteiger partial charge in [0.2, 0.25) is 17.6 Å². The molecule has 0 spiro atoms. The SMILES string of the molecule is O=C(Cc1c(F)c(F)c(F)c(F)c1F)N[C@@H](Cc1ccc(O)cc1)C(=O)N[C@@H](Cc1ccccc1)C(=O)O. The minimum atomic E-state index is -2.38. The number of amides is 2. The van der Waals surface area contributed by atoms with Gasteiger partial charge in [-0.25, -0.2) is 26.7 Å². The van der Waals surface area contributed by atoms with Gasteiger partial charge in [0.05, 0.1) is 6.42 Å². The number of nitrogens with one attached hydrogen (secondary N) is 2. The van der Waals surface area contributed by atoms with Gasteiger partial charge in [0.25, 0.3) is 0 Å². The first-order valence-corrected chi connectivity index (χ1v) is 11.1. The molecule has 0 heterocycles. The van der Waals surface area contributed by atoms with Crippen LogP contribution in [-0.4, -0.2) is 40.1 Å². The zero-order valence-electron chi connectivity index (χ0n) is 19.5. The third-order valence-corrected chi connectivity index (χ3v) is 5.56. The molecule has 3 aromatic rings. The quantitative estimate of drug-likeness (QED) is 0.181. The second kappa shape index (κ2) is 12.2. The van der Waals surface area contributed by atoms with Gasteiger partial charge in [0, 0.05) is 18.4 Å². The summed E-state index contributed by atoms with van der Waals surface area (Å²) in [5, 5.41) is 23.5. The number of benzene rings is 3. The number of aromatic hydroxyl groups is 1. The second-order valence-electron chi connectivity index (χ2n) is 8.31. The number of halogens is 5. The first kappa shape index (κ1) is 28.1. The number of phenols is 1. The smallest absolute Gasteiger partial charge is 0.326 e. The molecule has 0 unspecified atom stereocenters. The van der Waals surface area contributed by atoms with E-state index in [2.05, 4.69) is 10.6 Å². The van der Waals surface area contributed by atoms with E-state index in [9.17, 15) is 46.5 Å². The van der Waals surface area contributed by atoms with Crippen molar-refractivity contribution in [2.45, 2.75) is 31.3 Å². The fourth-order valence-electron chi connectivity index (χ4n) is 3.61. The normalized spacial score (nSPS) is 12.4. The Morgan fingerprint density at radius 2 is 1.18 bits per heavy atom. The Labute approximate surface area is 212 Å². The molecule has 3 rings (SSSR count). The third-order valence-electron chi connectivity index (χ3n) is 5.56. The topological polar surface area (TPSA) is 116 Å². The van der Waals surface area contributed by atoms with Crippen LogP contribution in [0.3, 0.4) is 0 Å². The van der Waals surface area contributed by atoms with Gasteiger partial charge < -0.3 is 20.8 Å². The Balaban J connectivity index is 1.83. The van der Waals surface area contributed by atoms with Crippen LogP contribution in [0.4, 0.5) is 22.0 Å². The Kier molecular flexibility index (Phi) is 9.00. The molecule has 0 saturated carbocycles. The van der Waals surface area contributed by atoms with Crippen LogP contribution in [0.25, 0.3) is 0 Å². The maximum absolute atomic E-state index is 14.0. The van der Waals surface area contributed by atoms with Gasteiger partial charge in [0.15, 0.2) is 23.3 Å². The molecule has 0 radical (unpaired) electrons. The lowest BCUT2D eigenvalue weighted by Gasteiger charge is -2.22. The lowest BCUT2D eigenvalue weighted by Crippen LogP contribution is -2.53. The van der Waals surface area contributed by atoms with E-state index in [1.165, 1.54) is 24.3 Å². The Morgan fingerprint density at radius 1 is 0.684 bits per heavy atom. The van der Waals surface area contributed by atoms with Gasteiger partial charge in [-0.05, 0) is 23.3 Å². The molecule has 200 valence electrons. The summed E-state index contributed by atoms with van der Waals surface area (Å²) in [6.45, 7) is 0. The van der Waals surface area contributed by atoms with Crippen LogP contribution in [0.5, 0.6) is 5.75 Å². The molecule has 0 aliphatic rings. The molecule has 0 bridgehead atoms. The predicted octanol–water partition coefficient (Wildman–Crippen LogP) is 3.17. The zero-order chi connectivity index (χ0) is 28.0. The molecule has 0 aromatic heterocycles. The molecular weight excluding hydrogens is 515 g/mol.